The molecule has 1 aliphatic rings. The van der Waals surface area contributed by atoms with E-state index in [1.165, 1.54) is 32.7 Å². The molecular weight excluding hydrogens is 216 g/mol. The van der Waals surface area contributed by atoms with Gasteiger partial charge in [-0.15, -0.1) is 0 Å². The fraction of sp³-hybridized carbons (Fsp3) is 0. The Morgan fingerprint density at radius 1 is 0.722 bits per heavy atom. The van der Waals surface area contributed by atoms with Gasteiger partial charge in [0.05, 0.1) is 0 Å². The fourth-order valence-corrected chi connectivity index (χ4v) is 3.00. The Labute approximate surface area is 106 Å². The highest BCUT2D eigenvalue weighted by Gasteiger charge is 2.22. The molecule has 0 radical (unpaired) electrons. The van der Waals surface area contributed by atoms with Gasteiger partial charge in [0.25, 0.3) is 0 Å². The minimum Gasteiger partial charge on any atom is -0.0905 e. The van der Waals surface area contributed by atoms with Gasteiger partial charge in [-0.3, -0.25) is 0 Å². The zero-order valence-corrected chi connectivity index (χ0v) is 10.0. The largest absolute Gasteiger partial charge is 0.0905 e. The maximum absolute atomic E-state index is 4.23. The molecule has 0 fully saturated rings. The summed E-state index contributed by atoms with van der Waals surface area (Å²) in [6.45, 7) is 8.41. The third-order valence-electron chi connectivity index (χ3n) is 3.88. The molecule has 0 amide bonds. The Bertz CT molecular complexity index is 850. The summed E-state index contributed by atoms with van der Waals surface area (Å²) >= 11 is 0. The lowest BCUT2D eigenvalue weighted by Gasteiger charge is -2.06. The standard InChI is InChI=1S/C18H12/c1-11-12(2)17-16-8-4-3-6-13(16)10-14-7-5-9-15(11)18(14)17/h3-10H,1-2H2. The molecule has 0 heterocycles. The molecule has 3 aromatic carbocycles. The molecule has 0 bridgehead atoms. The summed E-state index contributed by atoms with van der Waals surface area (Å²) in [6, 6.07) is 17.2. The molecule has 18 heavy (non-hydrogen) atoms. The van der Waals surface area contributed by atoms with E-state index in [0.29, 0.717) is 0 Å². The average molecular weight is 228 g/mol. The van der Waals surface area contributed by atoms with E-state index in [-0.39, 0.29) is 0 Å². The van der Waals surface area contributed by atoms with Crippen LogP contribution in [0.3, 0.4) is 0 Å². The maximum atomic E-state index is 4.23. The summed E-state index contributed by atoms with van der Waals surface area (Å²) in [4.78, 5) is 0. The van der Waals surface area contributed by atoms with E-state index in [4.69, 9.17) is 0 Å². The molecule has 0 atom stereocenters. The molecule has 0 saturated heterocycles. The predicted molar refractivity (Wildman–Crippen MR) is 79.5 cm³/mol. The third-order valence-corrected chi connectivity index (χ3v) is 3.88. The normalized spacial score (nSPS) is 13.8. The van der Waals surface area contributed by atoms with Crippen molar-refractivity contribution in [3.05, 3.63) is 72.8 Å². The number of allylic oxidation sites excluding steroid dienone is 2. The number of hydrogen-bond donors (Lipinski definition) is 0. The molecule has 1 aliphatic carbocycles. The van der Waals surface area contributed by atoms with Crippen molar-refractivity contribution in [1.82, 2.24) is 0 Å². The predicted octanol–water partition coefficient (Wildman–Crippen LogP) is 5.03. The minimum absolute atomic E-state index is 1.06. The van der Waals surface area contributed by atoms with Crippen LogP contribution in [0.25, 0.3) is 32.7 Å². The van der Waals surface area contributed by atoms with Gasteiger partial charge in [-0.2, -0.15) is 0 Å². The van der Waals surface area contributed by atoms with Crippen LogP contribution in [0.1, 0.15) is 11.1 Å². The van der Waals surface area contributed by atoms with E-state index < -0.39 is 0 Å². The highest BCUT2D eigenvalue weighted by atomic mass is 14.3. The van der Waals surface area contributed by atoms with Crippen LogP contribution in [-0.4, -0.2) is 0 Å². The molecular formula is C18H12. The van der Waals surface area contributed by atoms with E-state index in [9.17, 15) is 0 Å². The Hall–Kier alpha value is -2.34. The van der Waals surface area contributed by atoms with Crippen molar-refractivity contribution >= 4 is 32.7 Å². The number of hydrogen-bond acceptors (Lipinski definition) is 0. The quantitative estimate of drug-likeness (QED) is 0.473. The van der Waals surface area contributed by atoms with Crippen LogP contribution in [0.15, 0.2) is 61.7 Å². The van der Waals surface area contributed by atoms with E-state index in [1.807, 2.05) is 0 Å². The lowest BCUT2D eigenvalue weighted by Crippen LogP contribution is -1.82. The summed E-state index contributed by atoms with van der Waals surface area (Å²) in [5.41, 5.74) is 4.63. The van der Waals surface area contributed by atoms with Gasteiger partial charge in [-0.1, -0.05) is 55.6 Å². The van der Waals surface area contributed by atoms with E-state index in [0.717, 1.165) is 11.1 Å². The summed E-state index contributed by atoms with van der Waals surface area (Å²) in [7, 11) is 0. The highest BCUT2D eigenvalue weighted by molar-refractivity contribution is 6.26. The summed E-state index contributed by atoms with van der Waals surface area (Å²) in [5.74, 6) is 0. The van der Waals surface area contributed by atoms with Gasteiger partial charge in [0.2, 0.25) is 0 Å². The van der Waals surface area contributed by atoms with Gasteiger partial charge in [0, 0.05) is 0 Å². The first-order chi connectivity index (χ1) is 8.77. The Kier molecular flexibility index (Phi) is 1.67. The van der Waals surface area contributed by atoms with E-state index in [1.54, 1.807) is 0 Å². The molecule has 0 aliphatic heterocycles. The molecule has 0 nitrogen and oxygen atoms in total. The molecule has 0 aromatic heterocycles. The van der Waals surface area contributed by atoms with Crippen molar-refractivity contribution in [3.63, 3.8) is 0 Å². The van der Waals surface area contributed by atoms with Crippen LogP contribution in [0.2, 0.25) is 0 Å². The highest BCUT2D eigenvalue weighted by Crippen LogP contribution is 2.46. The minimum atomic E-state index is 1.06. The molecule has 0 N–H and O–H groups in total. The van der Waals surface area contributed by atoms with Crippen molar-refractivity contribution in [1.29, 1.82) is 0 Å². The number of fused-ring (bicyclic) bond motifs is 2. The van der Waals surface area contributed by atoms with E-state index in [2.05, 4.69) is 61.7 Å². The third kappa shape index (κ3) is 1.01. The molecule has 0 saturated carbocycles. The molecule has 4 rings (SSSR count). The lowest BCUT2D eigenvalue weighted by molar-refractivity contribution is 1.74. The molecule has 84 valence electrons. The Morgan fingerprint density at radius 2 is 1.50 bits per heavy atom. The second-order valence-corrected chi connectivity index (χ2v) is 4.83. The molecule has 0 spiro atoms. The van der Waals surface area contributed by atoms with Crippen LogP contribution in [0.4, 0.5) is 0 Å². The van der Waals surface area contributed by atoms with Gasteiger partial charge in [0.15, 0.2) is 0 Å². The second-order valence-electron chi connectivity index (χ2n) is 4.83. The SMILES string of the molecule is C=C1C(=C)c2c3ccccc3cc3cccc1c23. The average Bonchev–Trinajstić information content (AvgIpc) is 2.66. The zero-order chi connectivity index (χ0) is 12.3. The number of benzene rings is 3. The summed E-state index contributed by atoms with van der Waals surface area (Å²) in [5, 5.41) is 5.14. The topological polar surface area (TPSA) is 0 Å². The molecule has 0 unspecified atom stereocenters. The van der Waals surface area contributed by atoms with Crippen molar-refractivity contribution in [2.24, 2.45) is 0 Å². The lowest BCUT2D eigenvalue weighted by atomic mass is 9.97. The zero-order valence-electron chi connectivity index (χ0n) is 10.0. The van der Waals surface area contributed by atoms with Gasteiger partial charge in [-0.05, 0) is 49.9 Å². The first-order valence-corrected chi connectivity index (χ1v) is 6.11. The Balaban J connectivity index is 2.38. The van der Waals surface area contributed by atoms with E-state index >= 15 is 0 Å². The van der Waals surface area contributed by atoms with Crippen LogP contribution < -0.4 is 0 Å². The Morgan fingerprint density at radius 3 is 2.39 bits per heavy atom. The van der Waals surface area contributed by atoms with Crippen molar-refractivity contribution in [3.8, 4) is 0 Å². The first kappa shape index (κ1) is 9.67. The van der Waals surface area contributed by atoms with Gasteiger partial charge < -0.3 is 0 Å². The monoisotopic (exact) mass is 228 g/mol. The van der Waals surface area contributed by atoms with Crippen molar-refractivity contribution in [2.75, 3.05) is 0 Å². The van der Waals surface area contributed by atoms with Crippen LogP contribution in [-0.2, 0) is 0 Å². The van der Waals surface area contributed by atoms with Crippen molar-refractivity contribution in [2.45, 2.75) is 0 Å². The van der Waals surface area contributed by atoms with Gasteiger partial charge >= 0.3 is 0 Å². The molecule has 3 aromatic rings. The second kappa shape index (κ2) is 3.11. The summed E-state index contributed by atoms with van der Waals surface area (Å²) < 4.78 is 0. The molecule has 0 heteroatoms. The fourth-order valence-electron chi connectivity index (χ4n) is 3.00. The van der Waals surface area contributed by atoms with Gasteiger partial charge in [-0.25, -0.2) is 0 Å². The maximum Gasteiger partial charge on any atom is -0.00204 e. The van der Waals surface area contributed by atoms with Crippen LogP contribution in [0, 0.1) is 0 Å². The van der Waals surface area contributed by atoms with Crippen LogP contribution in [0.5, 0.6) is 0 Å². The summed E-state index contributed by atoms with van der Waals surface area (Å²) in [6.07, 6.45) is 0. The van der Waals surface area contributed by atoms with Crippen LogP contribution >= 0.6 is 0 Å². The van der Waals surface area contributed by atoms with Crippen molar-refractivity contribution < 1.29 is 0 Å². The first-order valence-electron chi connectivity index (χ1n) is 6.11. The smallest absolute Gasteiger partial charge is 0.00204 e. The van der Waals surface area contributed by atoms with Gasteiger partial charge in [0.1, 0.15) is 0 Å². The number of rotatable bonds is 0.